The summed E-state index contributed by atoms with van der Waals surface area (Å²) in [5.74, 6) is 0.330. The summed E-state index contributed by atoms with van der Waals surface area (Å²) in [4.78, 5) is 16.2. The van der Waals surface area contributed by atoms with Gasteiger partial charge in [0.05, 0.1) is 14.2 Å². The lowest BCUT2D eigenvalue weighted by molar-refractivity contribution is -0.111. The highest BCUT2D eigenvalue weighted by Crippen LogP contribution is 2.31. The van der Waals surface area contributed by atoms with Gasteiger partial charge in [-0.25, -0.2) is 4.39 Å². The van der Waals surface area contributed by atoms with E-state index in [4.69, 9.17) is 14.2 Å². The molecule has 3 rings (SSSR count). The van der Waals surface area contributed by atoms with Crippen molar-refractivity contribution in [3.8, 4) is 17.2 Å². The molecule has 0 atom stereocenters. The third-order valence-corrected chi connectivity index (χ3v) is 4.18. The molecule has 0 radical (unpaired) electrons. The van der Waals surface area contributed by atoms with Crippen LogP contribution in [0.3, 0.4) is 0 Å². The van der Waals surface area contributed by atoms with E-state index in [1.54, 1.807) is 43.8 Å². The first-order chi connectivity index (χ1) is 14.6. The maximum Gasteiger partial charge on any atom is 0.248 e. The number of carbonyl (C=O) groups excluding carboxylic acids is 1. The largest absolute Gasteiger partial charge is 0.494 e. The van der Waals surface area contributed by atoms with E-state index in [9.17, 15) is 9.18 Å². The second-order valence-corrected chi connectivity index (χ2v) is 6.23. The Bertz CT molecular complexity index is 1040. The number of nitrogens with zero attached hydrogens (tertiary/aromatic N) is 1. The van der Waals surface area contributed by atoms with Crippen molar-refractivity contribution in [2.24, 2.45) is 0 Å². The molecular formula is C23H21FN2O4. The van der Waals surface area contributed by atoms with Crippen molar-refractivity contribution in [2.75, 3.05) is 19.5 Å². The third-order valence-electron chi connectivity index (χ3n) is 4.18. The van der Waals surface area contributed by atoms with Gasteiger partial charge >= 0.3 is 0 Å². The average molecular weight is 408 g/mol. The number of anilines is 1. The van der Waals surface area contributed by atoms with Gasteiger partial charge in [-0.1, -0.05) is 6.07 Å². The van der Waals surface area contributed by atoms with E-state index in [1.165, 1.54) is 31.4 Å². The van der Waals surface area contributed by atoms with Crippen LogP contribution < -0.4 is 19.5 Å². The quantitative estimate of drug-likeness (QED) is 0.557. The fourth-order valence-corrected chi connectivity index (χ4v) is 2.65. The monoisotopic (exact) mass is 408 g/mol. The van der Waals surface area contributed by atoms with Crippen LogP contribution >= 0.6 is 0 Å². The lowest BCUT2D eigenvalue weighted by atomic mass is 10.2. The van der Waals surface area contributed by atoms with Gasteiger partial charge in [0.2, 0.25) is 5.91 Å². The maximum absolute atomic E-state index is 13.7. The number of aromatic nitrogens is 1. The van der Waals surface area contributed by atoms with Gasteiger partial charge in [-0.15, -0.1) is 0 Å². The molecule has 0 aliphatic heterocycles. The molecule has 0 saturated heterocycles. The molecule has 0 saturated carbocycles. The number of ether oxygens (including phenoxy) is 3. The zero-order valence-electron chi connectivity index (χ0n) is 16.6. The van der Waals surface area contributed by atoms with Gasteiger partial charge in [-0.2, -0.15) is 0 Å². The molecule has 1 amide bonds. The molecule has 7 heteroatoms. The molecule has 154 valence electrons. The van der Waals surface area contributed by atoms with Crippen molar-refractivity contribution in [1.29, 1.82) is 0 Å². The van der Waals surface area contributed by atoms with Gasteiger partial charge in [0.15, 0.2) is 23.1 Å². The molecule has 1 aromatic heterocycles. The van der Waals surface area contributed by atoms with E-state index < -0.39 is 5.82 Å². The van der Waals surface area contributed by atoms with E-state index >= 15 is 0 Å². The van der Waals surface area contributed by atoms with Crippen LogP contribution in [0.15, 0.2) is 67.0 Å². The minimum Gasteiger partial charge on any atom is -0.494 e. The molecule has 30 heavy (non-hydrogen) atoms. The number of hydrogen-bond acceptors (Lipinski definition) is 5. The van der Waals surface area contributed by atoms with E-state index in [1.807, 2.05) is 12.1 Å². The van der Waals surface area contributed by atoms with Crippen LogP contribution in [-0.2, 0) is 11.4 Å². The van der Waals surface area contributed by atoms with Crippen molar-refractivity contribution in [2.45, 2.75) is 6.61 Å². The fourth-order valence-electron chi connectivity index (χ4n) is 2.65. The van der Waals surface area contributed by atoms with Crippen molar-refractivity contribution >= 4 is 17.7 Å². The maximum atomic E-state index is 13.7. The molecule has 0 spiro atoms. The summed E-state index contributed by atoms with van der Waals surface area (Å²) in [6.07, 6.45) is 6.21. The van der Waals surface area contributed by atoms with Crippen LogP contribution in [0.4, 0.5) is 10.1 Å². The zero-order chi connectivity index (χ0) is 21.3. The third kappa shape index (κ3) is 5.57. The Morgan fingerprint density at radius 3 is 2.43 bits per heavy atom. The van der Waals surface area contributed by atoms with Gasteiger partial charge in [0.1, 0.15) is 6.61 Å². The fraction of sp³-hybridized carbons (Fsp3) is 0.130. The molecule has 0 fully saturated rings. The zero-order valence-corrected chi connectivity index (χ0v) is 16.6. The van der Waals surface area contributed by atoms with Crippen molar-refractivity contribution in [3.05, 3.63) is 83.9 Å². The predicted octanol–water partition coefficient (Wildman–Crippen LogP) is 4.47. The lowest BCUT2D eigenvalue weighted by Crippen LogP contribution is -2.08. The molecule has 1 heterocycles. The smallest absolute Gasteiger partial charge is 0.248 e. The van der Waals surface area contributed by atoms with Crippen LogP contribution in [0, 0.1) is 5.82 Å². The lowest BCUT2D eigenvalue weighted by Gasteiger charge is -2.12. The van der Waals surface area contributed by atoms with Crippen LogP contribution in [-0.4, -0.2) is 25.1 Å². The number of carbonyl (C=O) groups is 1. The molecule has 6 nitrogen and oxygen atoms in total. The Kier molecular flexibility index (Phi) is 7.00. The summed E-state index contributed by atoms with van der Waals surface area (Å²) in [6.45, 7) is 0.333. The highest BCUT2D eigenvalue weighted by Gasteiger charge is 2.08. The predicted molar refractivity (Wildman–Crippen MR) is 112 cm³/mol. The summed E-state index contributed by atoms with van der Waals surface area (Å²) in [5.41, 5.74) is 2.03. The topological polar surface area (TPSA) is 69.7 Å². The van der Waals surface area contributed by atoms with E-state index in [0.717, 1.165) is 5.56 Å². The first-order valence-electron chi connectivity index (χ1n) is 9.11. The van der Waals surface area contributed by atoms with E-state index in [-0.39, 0.29) is 11.7 Å². The molecule has 3 aromatic rings. The highest BCUT2D eigenvalue weighted by atomic mass is 19.1. The Hall–Kier alpha value is -3.87. The number of nitrogens with one attached hydrogen (secondary N) is 1. The molecule has 1 N–H and O–H groups in total. The van der Waals surface area contributed by atoms with Crippen molar-refractivity contribution in [3.63, 3.8) is 0 Å². The summed E-state index contributed by atoms with van der Waals surface area (Å²) in [7, 11) is 2.94. The number of amides is 1. The molecular weight excluding hydrogens is 387 g/mol. The second-order valence-electron chi connectivity index (χ2n) is 6.23. The number of methoxy groups -OCH3 is 2. The normalized spacial score (nSPS) is 10.6. The summed E-state index contributed by atoms with van der Waals surface area (Å²) in [5, 5.41) is 2.75. The standard InChI is InChI=1S/C23H21FN2O4/c1-28-20-6-3-16(13-19(20)24)4-8-23(27)26-18-5-7-21(29-2)22(14-18)30-15-17-9-11-25-12-10-17/h3-14H,15H2,1-2H3,(H,26,27)/b8-4+. The van der Waals surface area contributed by atoms with Gasteiger partial charge in [-0.05, 0) is 53.6 Å². The van der Waals surface area contributed by atoms with E-state index in [2.05, 4.69) is 10.3 Å². The Morgan fingerprint density at radius 1 is 1.00 bits per heavy atom. The number of benzene rings is 2. The number of rotatable bonds is 8. The van der Waals surface area contributed by atoms with Crippen LogP contribution in [0.1, 0.15) is 11.1 Å². The minimum absolute atomic E-state index is 0.147. The van der Waals surface area contributed by atoms with Crippen LogP contribution in [0.25, 0.3) is 6.08 Å². The minimum atomic E-state index is -0.494. The summed E-state index contributed by atoms with van der Waals surface area (Å²) < 4.78 is 29.8. The van der Waals surface area contributed by atoms with Crippen LogP contribution in [0.2, 0.25) is 0 Å². The van der Waals surface area contributed by atoms with Gasteiger partial charge < -0.3 is 19.5 Å². The van der Waals surface area contributed by atoms with Gasteiger partial charge in [0, 0.05) is 30.2 Å². The molecule has 0 aliphatic carbocycles. The highest BCUT2D eigenvalue weighted by molar-refractivity contribution is 6.02. The number of hydrogen-bond donors (Lipinski definition) is 1. The Balaban J connectivity index is 1.66. The SMILES string of the molecule is COc1ccc(/C=C/C(=O)Nc2ccc(OC)c(OCc3ccncc3)c2)cc1F. The average Bonchev–Trinajstić information content (AvgIpc) is 2.77. The van der Waals surface area contributed by atoms with Gasteiger partial charge in [-0.3, -0.25) is 9.78 Å². The molecule has 0 unspecified atom stereocenters. The first-order valence-corrected chi connectivity index (χ1v) is 9.11. The van der Waals surface area contributed by atoms with Crippen molar-refractivity contribution < 1.29 is 23.4 Å². The Morgan fingerprint density at radius 2 is 1.73 bits per heavy atom. The summed E-state index contributed by atoms with van der Waals surface area (Å²) in [6, 6.07) is 13.2. The summed E-state index contributed by atoms with van der Waals surface area (Å²) >= 11 is 0. The van der Waals surface area contributed by atoms with E-state index in [0.29, 0.717) is 29.4 Å². The van der Waals surface area contributed by atoms with Gasteiger partial charge in [0.25, 0.3) is 0 Å². The van der Waals surface area contributed by atoms with Crippen LogP contribution in [0.5, 0.6) is 17.2 Å². The molecule has 2 aromatic carbocycles. The number of pyridine rings is 1. The Labute approximate surface area is 173 Å². The number of halogens is 1. The first kappa shape index (κ1) is 20.9. The molecule has 0 bridgehead atoms. The molecule has 0 aliphatic rings. The second kappa shape index (κ2) is 10.1. The van der Waals surface area contributed by atoms with Crippen molar-refractivity contribution in [1.82, 2.24) is 4.98 Å².